The summed E-state index contributed by atoms with van der Waals surface area (Å²) in [7, 11) is -3.53. The van der Waals surface area contributed by atoms with Crippen LogP contribution in [-0.2, 0) is 14.6 Å². The molecular weight excluding hydrogens is 370 g/mol. The van der Waals surface area contributed by atoms with Crippen molar-refractivity contribution in [3.63, 3.8) is 0 Å². The van der Waals surface area contributed by atoms with Gasteiger partial charge in [0.05, 0.1) is 16.8 Å². The third kappa shape index (κ3) is 3.29. The Kier molecular flexibility index (Phi) is 5.45. The summed E-state index contributed by atoms with van der Waals surface area (Å²) in [5.41, 5.74) is 7.42. The number of nitrogens with two attached hydrogens (primary N) is 1. The summed E-state index contributed by atoms with van der Waals surface area (Å²) in [6.45, 7) is 4.92. The van der Waals surface area contributed by atoms with Crippen molar-refractivity contribution in [2.75, 3.05) is 19.8 Å². The summed E-state index contributed by atoms with van der Waals surface area (Å²) in [4.78, 5) is 0.332. The minimum absolute atomic E-state index is 0.206. The van der Waals surface area contributed by atoms with Crippen LogP contribution < -0.4 is 5.73 Å². The Balaban J connectivity index is 2.03. The summed E-state index contributed by atoms with van der Waals surface area (Å²) in [6.07, 6.45) is 0. The number of halogens is 1. The highest BCUT2D eigenvalue weighted by Gasteiger charge is 2.70. The SMILES string of the molecule is CCOC[C@]1(CN)[C@H](c2ccc(Cl)cc2)[C@H]1S(=O)(=O)c1ccc(C)cc1. The van der Waals surface area contributed by atoms with Gasteiger partial charge >= 0.3 is 0 Å². The Labute approximate surface area is 160 Å². The van der Waals surface area contributed by atoms with Gasteiger partial charge in [0.25, 0.3) is 0 Å². The van der Waals surface area contributed by atoms with Gasteiger partial charge < -0.3 is 10.5 Å². The molecule has 4 nitrogen and oxygen atoms in total. The van der Waals surface area contributed by atoms with Gasteiger partial charge in [-0.15, -0.1) is 0 Å². The average Bonchev–Trinajstić information content (AvgIpc) is 3.31. The molecule has 3 rings (SSSR count). The van der Waals surface area contributed by atoms with Gasteiger partial charge in [-0.05, 0) is 43.7 Å². The van der Waals surface area contributed by atoms with Crippen LogP contribution in [0.25, 0.3) is 0 Å². The number of hydrogen-bond acceptors (Lipinski definition) is 4. The molecule has 1 aliphatic rings. The first kappa shape index (κ1) is 19.4. The van der Waals surface area contributed by atoms with Crippen molar-refractivity contribution >= 4 is 21.4 Å². The zero-order valence-corrected chi connectivity index (χ0v) is 16.6. The van der Waals surface area contributed by atoms with Crippen LogP contribution in [0.2, 0.25) is 5.02 Å². The Hall–Kier alpha value is -1.40. The third-order valence-corrected chi connectivity index (χ3v) is 7.84. The van der Waals surface area contributed by atoms with E-state index in [0.29, 0.717) is 23.1 Å². The first-order valence-corrected chi connectivity index (χ1v) is 10.6. The van der Waals surface area contributed by atoms with Gasteiger partial charge in [-0.3, -0.25) is 0 Å². The van der Waals surface area contributed by atoms with Crippen molar-refractivity contribution < 1.29 is 13.2 Å². The molecule has 1 aliphatic carbocycles. The molecule has 0 bridgehead atoms. The lowest BCUT2D eigenvalue weighted by Crippen LogP contribution is -2.29. The van der Waals surface area contributed by atoms with Crippen LogP contribution in [-0.4, -0.2) is 33.4 Å². The zero-order valence-electron chi connectivity index (χ0n) is 15.0. The number of sulfone groups is 1. The van der Waals surface area contributed by atoms with Crippen molar-refractivity contribution in [1.82, 2.24) is 0 Å². The molecule has 0 amide bonds. The van der Waals surface area contributed by atoms with E-state index in [4.69, 9.17) is 22.1 Å². The van der Waals surface area contributed by atoms with Crippen molar-refractivity contribution in [3.05, 3.63) is 64.7 Å². The van der Waals surface area contributed by atoms with E-state index < -0.39 is 20.5 Å². The highest BCUT2D eigenvalue weighted by molar-refractivity contribution is 7.92. The van der Waals surface area contributed by atoms with Crippen LogP contribution in [0, 0.1) is 12.3 Å². The van der Waals surface area contributed by atoms with E-state index in [1.165, 1.54) is 0 Å². The lowest BCUT2D eigenvalue weighted by molar-refractivity contribution is 0.101. The van der Waals surface area contributed by atoms with Gasteiger partial charge in [-0.1, -0.05) is 41.4 Å². The molecule has 0 radical (unpaired) electrons. The Morgan fingerprint density at radius 1 is 1.12 bits per heavy atom. The molecule has 0 unspecified atom stereocenters. The smallest absolute Gasteiger partial charge is 0.182 e. The number of aryl methyl sites for hydroxylation is 1. The van der Waals surface area contributed by atoms with E-state index in [1.54, 1.807) is 24.3 Å². The molecule has 1 saturated carbocycles. The van der Waals surface area contributed by atoms with Crippen LogP contribution in [0.5, 0.6) is 0 Å². The second-order valence-electron chi connectivity index (χ2n) is 6.88. The molecule has 6 heteroatoms. The quantitative estimate of drug-likeness (QED) is 0.780. The molecule has 0 aliphatic heterocycles. The van der Waals surface area contributed by atoms with E-state index in [0.717, 1.165) is 11.1 Å². The summed E-state index contributed by atoms with van der Waals surface area (Å²) in [5.74, 6) is -0.206. The second-order valence-corrected chi connectivity index (χ2v) is 9.39. The lowest BCUT2D eigenvalue weighted by atomic mass is 10.00. The molecule has 140 valence electrons. The van der Waals surface area contributed by atoms with Gasteiger partial charge in [-0.2, -0.15) is 0 Å². The molecular formula is C20H24ClNO3S. The fourth-order valence-electron chi connectivity index (χ4n) is 3.76. The first-order chi connectivity index (χ1) is 12.4. The van der Waals surface area contributed by atoms with Gasteiger partial charge in [0.15, 0.2) is 9.84 Å². The summed E-state index contributed by atoms with van der Waals surface area (Å²) in [5, 5.41) is 0.0194. The minimum Gasteiger partial charge on any atom is -0.381 e. The Bertz CT molecular complexity index is 865. The average molecular weight is 394 g/mol. The predicted molar refractivity (Wildman–Crippen MR) is 104 cm³/mol. The maximum atomic E-state index is 13.4. The molecule has 2 aromatic carbocycles. The fraction of sp³-hybridized carbons (Fsp3) is 0.400. The first-order valence-electron chi connectivity index (χ1n) is 8.70. The largest absolute Gasteiger partial charge is 0.381 e. The molecule has 2 N–H and O–H groups in total. The van der Waals surface area contributed by atoms with Crippen molar-refractivity contribution in [2.45, 2.75) is 29.9 Å². The van der Waals surface area contributed by atoms with Gasteiger partial charge in [0, 0.05) is 29.5 Å². The second kappa shape index (κ2) is 7.31. The topological polar surface area (TPSA) is 69.4 Å². The van der Waals surface area contributed by atoms with E-state index in [-0.39, 0.29) is 12.5 Å². The molecule has 1 fully saturated rings. The van der Waals surface area contributed by atoms with E-state index in [1.807, 2.05) is 38.1 Å². The monoisotopic (exact) mass is 393 g/mol. The van der Waals surface area contributed by atoms with Crippen LogP contribution in [0.1, 0.15) is 24.0 Å². The normalized spacial score (nSPS) is 25.2. The standard InChI is InChI=1S/C20H24ClNO3S/c1-3-25-13-20(12-22)18(15-6-8-16(21)9-7-15)19(20)26(23,24)17-10-4-14(2)5-11-17/h4-11,18-19H,3,12-13,22H2,1-2H3/t18-,19-,20-/m1/s1. The third-order valence-electron chi connectivity index (χ3n) is 5.25. The van der Waals surface area contributed by atoms with Crippen molar-refractivity contribution in [1.29, 1.82) is 0 Å². The predicted octanol–water partition coefficient (Wildman–Crippen LogP) is 3.57. The fourth-order valence-corrected chi connectivity index (χ4v) is 6.33. The summed E-state index contributed by atoms with van der Waals surface area (Å²) < 4.78 is 32.4. The number of hydrogen-bond donors (Lipinski definition) is 1. The molecule has 2 aromatic rings. The molecule has 0 spiro atoms. The molecule has 0 aromatic heterocycles. The highest BCUT2D eigenvalue weighted by Crippen LogP contribution is 2.63. The van der Waals surface area contributed by atoms with E-state index >= 15 is 0 Å². The van der Waals surface area contributed by atoms with Crippen molar-refractivity contribution in [2.24, 2.45) is 11.1 Å². The van der Waals surface area contributed by atoms with E-state index in [2.05, 4.69) is 0 Å². The van der Waals surface area contributed by atoms with E-state index in [9.17, 15) is 8.42 Å². The maximum Gasteiger partial charge on any atom is 0.182 e. The van der Waals surface area contributed by atoms with Gasteiger partial charge in [0.2, 0.25) is 0 Å². The van der Waals surface area contributed by atoms with Gasteiger partial charge in [0.1, 0.15) is 0 Å². The Morgan fingerprint density at radius 3 is 2.27 bits per heavy atom. The van der Waals surface area contributed by atoms with Crippen LogP contribution >= 0.6 is 11.6 Å². The lowest BCUT2D eigenvalue weighted by Gasteiger charge is -2.16. The summed E-state index contributed by atoms with van der Waals surface area (Å²) in [6, 6.07) is 14.3. The van der Waals surface area contributed by atoms with Crippen LogP contribution in [0.15, 0.2) is 53.4 Å². The molecule has 0 heterocycles. The summed E-state index contributed by atoms with van der Waals surface area (Å²) >= 11 is 5.99. The maximum absolute atomic E-state index is 13.4. The van der Waals surface area contributed by atoms with Crippen LogP contribution in [0.3, 0.4) is 0 Å². The van der Waals surface area contributed by atoms with Crippen LogP contribution in [0.4, 0.5) is 0 Å². The van der Waals surface area contributed by atoms with Crippen molar-refractivity contribution in [3.8, 4) is 0 Å². The van der Waals surface area contributed by atoms with Gasteiger partial charge in [-0.25, -0.2) is 8.42 Å². The molecule has 0 saturated heterocycles. The number of ether oxygens (including phenoxy) is 1. The highest BCUT2D eigenvalue weighted by atomic mass is 35.5. The molecule has 3 atom stereocenters. The zero-order chi connectivity index (χ0) is 18.9. The number of benzene rings is 2. The molecule has 26 heavy (non-hydrogen) atoms. The number of rotatable bonds is 7. The minimum atomic E-state index is -3.53. The Morgan fingerprint density at radius 2 is 1.73 bits per heavy atom.